The molecule has 2 aromatic rings. The van der Waals surface area contributed by atoms with Gasteiger partial charge in [0, 0.05) is 13.0 Å². The second kappa shape index (κ2) is 8.64. The number of carboxylic acid groups (broad SMARTS) is 1. The zero-order valence-corrected chi connectivity index (χ0v) is 16.7. The Hall–Kier alpha value is -2.98. The summed E-state index contributed by atoms with van der Waals surface area (Å²) in [6.07, 6.45) is -7.18. The Morgan fingerprint density at radius 2 is 1.58 bits per heavy atom. The Kier molecular flexibility index (Phi) is 5.92. The van der Waals surface area contributed by atoms with Crippen molar-refractivity contribution < 1.29 is 39.1 Å². The molecule has 2 aromatic carbocycles. The van der Waals surface area contributed by atoms with E-state index in [1.807, 2.05) is 48.5 Å². The number of aliphatic hydroxyl groups is 2. The highest BCUT2D eigenvalue weighted by molar-refractivity contribution is 5.79. The van der Waals surface area contributed by atoms with Crippen molar-refractivity contribution in [2.75, 3.05) is 13.7 Å². The van der Waals surface area contributed by atoms with Gasteiger partial charge in [0.05, 0.1) is 0 Å². The van der Waals surface area contributed by atoms with E-state index in [0.717, 1.165) is 22.3 Å². The number of methoxy groups -OCH3 is 1. The topological polar surface area (TPSA) is 135 Å². The largest absolute Gasteiger partial charge is 0.479 e. The van der Waals surface area contributed by atoms with Gasteiger partial charge in [-0.15, -0.1) is 0 Å². The number of benzene rings is 2. The average Bonchev–Trinajstić information content (AvgIpc) is 3.09. The lowest BCUT2D eigenvalue weighted by atomic mass is 9.97. The molecule has 1 aliphatic carbocycles. The van der Waals surface area contributed by atoms with Crippen molar-refractivity contribution in [2.24, 2.45) is 0 Å². The quantitative estimate of drug-likeness (QED) is 0.555. The van der Waals surface area contributed by atoms with Crippen LogP contribution in [0.5, 0.6) is 0 Å². The van der Waals surface area contributed by atoms with Crippen molar-refractivity contribution in [1.82, 2.24) is 5.32 Å². The van der Waals surface area contributed by atoms with E-state index in [1.54, 1.807) is 0 Å². The average molecular weight is 429 g/mol. The summed E-state index contributed by atoms with van der Waals surface area (Å²) in [7, 11) is 1.24. The molecule has 0 saturated carbocycles. The molecule has 1 amide bonds. The molecule has 1 aliphatic heterocycles. The molecule has 4 N–H and O–H groups in total. The summed E-state index contributed by atoms with van der Waals surface area (Å²) in [5.74, 6) is -1.60. The highest BCUT2D eigenvalue weighted by atomic mass is 16.7. The van der Waals surface area contributed by atoms with E-state index in [4.69, 9.17) is 19.3 Å². The Labute approximate surface area is 178 Å². The van der Waals surface area contributed by atoms with E-state index in [0.29, 0.717) is 0 Å². The number of nitrogens with one attached hydrogen (secondary N) is 1. The number of aliphatic hydroxyl groups excluding tert-OH is 2. The lowest BCUT2D eigenvalue weighted by Crippen LogP contribution is -2.65. The van der Waals surface area contributed by atoms with Crippen molar-refractivity contribution in [2.45, 2.75) is 36.6 Å². The molecular weight excluding hydrogens is 406 g/mol. The molecule has 2 aliphatic rings. The van der Waals surface area contributed by atoms with E-state index in [1.165, 1.54) is 7.11 Å². The third-order valence-corrected chi connectivity index (χ3v) is 5.71. The number of carboxylic acids is 1. The van der Waals surface area contributed by atoms with Crippen molar-refractivity contribution in [3.05, 3.63) is 59.7 Å². The number of amides is 1. The Balaban J connectivity index is 1.44. The highest BCUT2D eigenvalue weighted by Gasteiger charge is 2.48. The summed E-state index contributed by atoms with van der Waals surface area (Å²) >= 11 is 0. The van der Waals surface area contributed by atoms with Crippen LogP contribution in [-0.4, -0.2) is 71.7 Å². The summed E-state index contributed by atoms with van der Waals surface area (Å²) in [5.41, 5.74) is 4.27. The van der Waals surface area contributed by atoms with Gasteiger partial charge in [0.2, 0.25) is 0 Å². The van der Waals surface area contributed by atoms with Gasteiger partial charge in [-0.3, -0.25) is 0 Å². The number of aliphatic carboxylic acids is 1. The number of ether oxygens (including phenoxy) is 3. The summed E-state index contributed by atoms with van der Waals surface area (Å²) in [6.45, 7) is 0.0570. The van der Waals surface area contributed by atoms with Crippen LogP contribution in [0, 0.1) is 0 Å². The van der Waals surface area contributed by atoms with Gasteiger partial charge in [-0.05, 0) is 22.3 Å². The molecule has 0 aromatic heterocycles. The lowest BCUT2D eigenvalue weighted by molar-refractivity contribution is -0.256. The predicted octanol–water partition coefficient (Wildman–Crippen LogP) is 1.07. The first-order chi connectivity index (χ1) is 14.9. The standard InChI is InChI=1S/C22H23NO8/c1-29-21-16(17(24)18(25)19(31-21)20(26)27)23-22(28)30-10-15-13-8-4-2-6-11(13)12-7-3-5-9-14(12)15/h2-9,15-19,21,24-25H,10H2,1H3,(H,23,28)(H,26,27)/t16?,17?,18-,19?,21+/m0/s1. The number of hydrogen-bond acceptors (Lipinski definition) is 7. The van der Waals surface area contributed by atoms with Crippen molar-refractivity contribution in [1.29, 1.82) is 0 Å². The minimum Gasteiger partial charge on any atom is -0.479 e. The molecule has 9 heteroatoms. The fourth-order valence-corrected chi connectivity index (χ4v) is 4.20. The van der Waals surface area contributed by atoms with Gasteiger partial charge >= 0.3 is 12.1 Å². The minimum atomic E-state index is -1.75. The van der Waals surface area contributed by atoms with E-state index >= 15 is 0 Å². The van der Waals surface area contributed by atoms with Crippen molar-refractivity contribution in [3.8, 4) is 11.1 Å². The molecule has 31 heavy (non-hydrogen) atoms. The molecule has 0 spiro atoms. The summed E-state index contributed by atoms with van der Waals surface area (Å²) in [4.78, 5) is 23.7. The van der Waals surface area contributed by atoms with Gasteiger partial charge in [-0.1, -0.05) is 48.5 Å². The van der Waals surface area contributed by atoms with Crippen LogP contribution in [0.4, 0.5) is 4.79 Å². The fourth-order valence-electron chi connectivity index (χ4n) is 4.20. The number of rotatable bonds is 5. The molecular formula is C22H23NO8. The fraction of sp³-hybridized carbons (Fsp3) is 0.364. The minimum absolute atomic E-state index is 0.0570. The number of hydrogen-bond donors (Lipinski definition) is 4. The van der Waals surface area contributed by atoms with Crippen LogP contribution in [0.2, 0.25) is 0 Å². The highest BCUT2D eigenvalue weighted by Crippen LogP contribution is 2.44. The summed E-state index contributed by atoms with van der Waals surface area (Å²) < 4.78 is 15.6. The Bertz CT molecular complexity index is 932. The van der Waals surface area contributed by atoms with E-state index < -0.39 is 42.7 Å². The number of carbonyl (C=O) groups excluding carboxylic acids is 1. The van der Waals surface area contributed by atoms with E-state index in [-0.39, 0.29) is 12.5 Å². The summed E-state index contributed by atoms with van der Waals surface area (Å²) in [5, 5.41) is 31.9. The normalized spacial score (nSPS) is 27.3. The summed E-state index contributed by atoms with van der Waals surface area (Å²) in [6, 6.07) is 14.6. The van der Waals surface area contributed by atoms with Crippen LogP contribution in [-0.2, 0) is 19.0 Å². The van der Waals surface area contributed by atoms with Crippen LogP contribution in [0.25, 0.3) is 11.1 Å². The smallest absolute Gasteiger partial charge is 0.407 e. The van der Waals surface area contributed by atoms with Gasteiger partial charge in [0.1, 0.15) is 24.9 Å². The number of alkyl carbamates (subject to hydrolysis) is 1. The lowest BCUT2D eigenvalue weighted by Gasteiger charge is -2.40. The molecule has 0 bridgehead atoms. The zero-order valence-electron chi connectivity index (χ0n) is 16.7. The molecule has 4 rings (SSSR count). The zero-order chi connectivity index (χ0) is 22.1. The molecule has 5 atom stereocenters. The van der Waals surface area contributed by atoms with Crippen LogP contribution in [0.1, 0.15) is 17.0 Å². The Morgan fingerprint density at radius 1 is 1.00 bits per heavy atom. The Morgan fingerprint density at radius 3 is 2.13 bits per heavy atom. The van der Waals surface area contributed by atoms with E-state index in [2.05, 4.69) is 5.32 Å². The molecule has 1 heterocycles. The first kappa shape index (κ1) is 21.3. The van der Waals surface area contributed by atoms with Gasteiger partial charge in [-0.2, -0.15) is 0 Å². The van der Waals surface area contributed by atoms with Gasteiger partial charge in [-0.25, -0.2) is 9.59 Å². The van der Waals surface area contributed by atoms with Crippen LogP contribution >= 0.6 is 0 Å². The third kappa shape index (κ3) is 3.88. The second-order valence-corrected chi connectivity index (χ2v) is 7.48. The molecule has 1 fully saturated rings. The maximum Gasteiger partial charge on any atom is 0.407 e. The predicted molar refractivity (Wildman–Crippen MR) is 107 cm³/mol. The van der Waals surface area contributed by atoms with Crippen molar-refractivity contribution >= 4 is 12.1 Å². The van der Waals surface area contributed by atoms with Gasteiger partial charge < -0.3 is 34.8 Å². The van der Waals surface area contributed by atoms with Crippen LogP contribution in [0.15, 0.2) is 48.5 Å². The maximum absolute atomic E-state index is 12.5. The number of fused-ring (bicyclic) bond motifs is 3. The van der Waals surface area contributed by atoms with Crippen molar-refractivity contribution in [3.63, 3.8) is 0 Å². The van der Waals surface area contributed by atoms with E-state index in [9.17, 15) is 19.8 Å². The van der Waals surface area contributed by atoms with Crippen LogP contribution in [0.3, 0.4) is 0 Å². The molecule has 0 radical (unpaired) electrons. The van der Waals surface area contributed by atoms with Gasteiger partial charge in [0.25, 0.3) is 0 Å². The second-order valence-electron chi connectivity index (χ2n) is 7.48. The SMILES string of the molecule is CO[C@@H]1OC(C(=O)O)[C@@H](O)C(O)C1NC(=O)OCC1c2ccccc2-c2ccccc21. The molecule has 164 valence electrons. The molecule has 1 saturated heterocycles. The molecule has 9 nitrogen and oxygen atoms in total. The first-order valence-corrected chi connectivity index (χ1v) is 9.81. The van der Waals surface area contributed by atoms with Gasteiger partial charge in [0.15, 0.2) is 12.4 Å². The monoisotopic (exact) mass is 429 g/mol. The first-order valence-electron chi connectivity index (χ1n) is 9.81. The third-order valence-electron chi connectivity index (χ3n) is 5.71. The number of carbonyl (C=O) groups is 2. The molecule has 3 unspecified atom stereocenters. The van der Waals surface area contributed by atoms with Crippen LogP contribution < -0.4 is 5.32 Å². The maximum atomic E-state index is 12.5.